The van der Waals surface area contributed by atoms with E-state index in [0.717, 1.165) is 32.1 Å². The number of carboxylic acids is 1. The highest BCUT2D eigenvalue weighted by atomic mass is 16.4. The minimum atomic E-state index is -0.860. The third-order valence-corrected chi connectivity index (χ3v) is 3.50. The lowest BCUT2D eigenvalue weighted by molar-refractivity contribution is -0.154. The van der Waals surface area contributed by atoms with Crippen LogP contribution < -0.4 is 0 Å². The molecule has 1 fully saturated rings. The number of carboxylic acid groups (broad SMARTS) is 1. The molecule has 1 heterocycles. The Morgan fingerprint density at radius 1 is 1.35 bits per heavy atom. The van der Waals surface area contributed by atoms with E-state index in [9.17, 15) is 14.7 Å². The van der Waals surface area contributed by atoms with E-state index in [1.54, 1.807) is 4.90 Å². The summed E-state index contributed by atoms with van der Waals surface area (Å²) >= 11 is 0. The number of carbonyl (C=O) groups is 2. The standard InChI is InChI=1S/C13H23NO3/c1-3-4-5-8-11(15)14-9-6-7-10(2)12(14)13(16)17/h10,12H,3-9H2,1-2H3,(H,16,17). The van der Waals surface area contributed by atoms with Crippen molar-refractivity contribution in [1.82, 2.24) is 4.90 Å². The summed E-state index contributed by atoms with van der Waals surface area (Å²) in [6.45, 7) is 4.62. The number of aliphatic carboxylic acids is 1. The summed E-state index contributed by atoms with van der Waals surface area (Å²) in [5.41, 5.74) is 0. The minimum Gasteiger partial charge on any atom is -0.480 e. The van der Waals surface area contributed by atoms with Crippen molar-refractivity contribution in [2.75, 3.05) is 6.54 Å². The van der Waals surface area contributed by atoms with Gasteiger partial charge in [-0.25, -0.2) is 4.79 Å². The third-order valence-electron chi connectivity index (χ3n) is 3.50. The lowest BCUT2D eigenvalue weighted by atomic mass is 9.90. The summed E-state index contributed by atoms with van der Waals surface area (Å²) in [6.07, 6.45) is 5.29. The zero-order valence-corrected chi connectivity index (χ0v) is 10.8. The fourth-order valence-electron chi connectivity index (χ4n) is 2.51. The van der Waals surface area contributed by atoms with Crippen LogP contribution in [0.2, 0.25) is 0 Å². The van der Waals surface area contributed by atoms with Crippen LogP contribution in [-0.2, 0) is 9.59 Å². The Hall–Kier alpha value is -1.06. The van der Waals surface area contributed by atoms with Crippen LogP contribution in [0.5, 0.6) is 0 Å². The molecule has 1 saturated heterocycles. The molecule has 0 aliphatic carbocycles. The molecule has 0 saturated carbocycles. The van der Waals surface area contributed by atoms with E-state index < -0.39 is 12.0 Å². The second kappa shape index (κ2) is 6.62. The molecule has 2 atom stereocenters. The van der Waals surface area contributed by atoms with Crippen molar-refractivity contribution in [2.24, 2.45) is 5.92 Å². The summed E-state index contributed by atoms with van der Waals surface area (Å²) in [5.74, 6) is -0.783. The second-order valence-electron chi connectivity index (χ2n) is 4.95. The van der Waals surface area contributed by atoms with Crippen molar-refractivity contribution < 1.29 is 14.7 Å². The van der Waals surface area contributed by atoms with Gasteiger partial charge in [0.25, 0.3) is 0 Å². The fourth-order valence-corrected chi connectivity index (χ4v) is 2.51. The molecule has 1 aliphatic heterocycles. The highest BCUT2D eigenvalue weighted by Crippen LogP contribution is 2.24. The third kappa shape index (κ3) is 3.72. The number of nitrogens with zero attached hydrogens (tertiary/aromatic N) is 1. The molecular weight excluding hydrogens is 218 g/mol. The highest BCUT2D eigenvalue weighted by molar-refractivity contribution is 5.84. The fraction of sp³-hybridized carbons (Fsp3) is 0.846. The maximum atomic E-state index is 12.0. The molecule has 0 aromatic rings. The van der Waals surface area contributed by atoms with Crippen molar-refractivity contribution in [3.63, 3.8) is 0 Å². The first-order chi connectivity index (χ1) is 8.07. The van der Waals surface area contributed by atoms with Crippen LogP contribution in [0.15, 0.2) is 0 Å². The van der Waals surface area contributed by atoms with E-state index in [4.69, 9.17) is 0 Å². The van der Waals surface area contributed by atoms with E-state index in [2.05, 4.69) is 6.92 Å². The Kier molecular flexibility index (Phi) is 5.45. The normalized spacial score (nSPS) is 24.7. The first-order valence-electron chi connectivity index (χ1n) is 6.60. The maximum absolute atomic E-state index is 12.0. The summed E-state index contributed by atoms with van der Waals surface area (Å²) in [5, 5.41) is 9.21. The molecule has 0 aromatic carbocycles. The Morgan fingerprint density at radius 2 is 2.06 bits per heavy atom. The molecule has 98 valence electrons. The molecule has 0 bridgehead atoms. The van der Waals surface area contributed by atoms with Crippen LogP contribution in [0.25, 0.3) is 0 Å². The minimum absolute atomic E-state index is 0.0115. The van der Waals surface area contributed by atoms with Gasteiger partial charge in [0.05, 0.1) is 0 Å². The molecule has 2 unspecified atom stereocenters. The van der Waals surface area contributed by atoms with Gasteiger partial charge >= 0.3 is 5.97 Å². The van der Waals surface area contributed by atoms with Crippen molar-refractivity contribution >= 4 is 11.9 Å². The van der Waals surface area contributed by atoms with E-state index in [0.29, 0.717) is 13.0 Å². The number of hydrogen-bond donors (Lipinski definition) is 1. The quantitative estimate of drug-likeness (QED) is 0.751. The Balaban J connectivity index is 2.59. The van der Waals surface area contributed by atoms with Gasteiger partial charge in [0.2, 0.25) is 5.91 Å². The van der Waals surface area contributed by atoms with Crippen molar-refractivity contribution in [1.29, 1.82) is 0 Å². The van der Waals surface area contributed by atoms with Gasteiger partial charge in [-0.3, -0.25) is 4.79 Å². The lowest BCUT2D eigenvalue weighted by Crippen LogP contribution is -2.51. The summed E-state index contributed by atoms with van der Waals surface area (Å²) in [7, 11) is 0. The number of likely N-dealkylation sites (tertiary alicyclic amines) is 1. The number of carbonyl (C=O) groups excluding carboxylic acids is 1. The van der Waals surface area contributed by atoms with Crippen molar-refractivity contribution in [3.05, 3.63) is 0 Å². The van der Waals surface area contributed by atoms with Gasteiger partial charge < -0.3 is 10.0 Å². The molecule has 17 heavy (non-hydrogen) atoms. The first kappa shape index (κ1) is 14.0. The van der Waals surface area contributed by atoms with Gasteiger partial charge in [-0.05, 0) is 25.2 Å². The predicted octanol–water partition coefficient (Wildman–Crippen LogP) is 2.28. The number of amides is 1. The SMILES string of the molecule is CCCCCC(=O)N1CCCC(C)C1C(=O)O. The largest absolute Gasteiger partial charge is 0.480 e. The number of unbranched alkanes of at least 4 members (excludes halogenated alkanes) is 2. The van der Waals surface area contributed by atoms with Crippen molar-refractivity contribution in [3.8, 4) is 0 Å². The molecule has 0 spiro atoms. The average molecular weight is 241 g/mol. The van der Waals surface area contributed by atoms with Gasteiger partial charge in [0, 0.05) is 13.0 Å². The van der Waals surface area contributed by atoms with Gasteiger partial charge in [-0.1, -0.05) is 26.7 Å². The van der Waals surface area contributed by atoms with E-state index in [1.165, 1.54) is 0 Å². The smallest absolute Gasteiger partial charge is 0.326 e. The molecule has 1 N–H and O–H groups in total. The van der Waals surface area contributed by atoms with Crippen LogP contribution in [0.1, 0.15) is 52.4 Å². The lowest BCUT2D eigenvalue weighted by Gasteiger charge is -2.37. The topological polar surface area (TPSA) is 57.6 Å². The monoisotopic (exact) mass is 241 g/mol. The van der Waals surface area contributed by atoms with Gasteiger partial charge in [-0.15, -0.1) is 0 Å². The Labute approximate surface area is 103 Å². The summed E-state index contributed by atoms with van der Waals surface area (Å²) in [6, 6.07) is -0.613. The zero-order chi connectivity index (χ0) is 12.8. The number of piperidine rings is 1. The van der Waals surface area contributed by atoms with Gasteiger partial charge in [-0.2, -0.15) is 0 Å². The Morgan fingerprint density at radius 3 is 2.65 bits per heavy atom. The first-order valence-corrected chi connectivity index (χ1v) is 6.60. The van der Waals surface area contributed by atoms with E-state index in [-0.39, 0.29) is 11.8 Å². The van der Waals surface area contributed by atoms with Crippen LogP contribution in [0.4, 0.5) is 0 Å². The molecule has 1 aliphatic rings. The van der Waals surface area contributed by atoms with Gasteiger partial charge in [0.15, 0.2) is 0 Å². The van der Waals surface area contributed by atoms with Crippen LogP contribution in [0, 0.1) is 5.92 Å². The molecule has 0 radical (unpaired) electrons. The maximum Gasteiger partial charge on any atom is 0.326 e. The zero-order valence-electron chi connectivity index (χ0n) is 10.8. The summed E-state index contributed by atoms with van der Waals surface area (Å²) in [4.78, 5) is 24.8. The predicted molar refractivity (Wildman–Crippen MR) is 65.7 cm³/mol. The summed E-state index contributed by atoms with van der Waals surface area (Å²) < 4.78 is 0. The van der Waals surface area contributed by atoms with Gasteiger partial charge in [0.1, 0.15) is 6.04 Å². The van der Waals surface area contributed by atoms with E-state index >= 15 is 0 Å². The second-order valence-corrected chi connectivity index (χ2v) is 4.95. The molecule has 0 aromatic heterocycles. The number of rotatable bonds is 5. The van der Waals surface area contributed by atoms with E-state index in [1.807, 2.05) is 6.92 Å². The molecule has 4 heteroatoms. The number of hydrogen-bond acceptors (Lipinski definition) is 2. The molecular formula is C13H23NO3. The van der Waals surface area contributed by atoms with Crippen LogP contribution in [-0.4, -0.2) is 34.5 Å². The Bertz CT molecular complexity index is 278. The van der Waals surface area contributed by atoms with Crippen LogP contribution in [0.3, 0.4) is 0 Å². The molecule has 1 rings (SSSR count). The van der Waals surface area contributed by atoms with Crippen LogP contribution >= 0.6 is 0 Å². The average Bonchev–Trinajstić information content (AvgIpc) is 2.28. The molecule has 1 amide bonds. The molecule has 4 nitrogen and oxygen atoms in total. The van der Waals surface area contributed by atoms with Crippen molar-refractivity contribution in [2.45, 2.75) is 58.4 Å². The highest BCUT2D eigenvalue weighted by Gasteiger charge is 2.36.